The second-order valence-electron chi connectivity index (χ2n) is 4.39. The molecule has 2 heterocycles. The summed E-state index contributed by atoms with van der Waals surface area (Å²) in [6.07, 6.45) is 4.42. The first kappa shape index (κ1) is 13.6. The maximum absolute atomic E-state index is 11.9. The van der Waals surface area contributed by atoms with Gasteiger partial charge in [0.25, 0.3) is 0 Å². The molecule has 0 fully saturated rings. The fraction of sp³-hybridized carbons (Fsp3) is 0.385. The smallest absolute Gasteiger partial charge is 0.242 e. The minimum atomic E-state index is -0.271. The Morgan fingerprint density at radius 3 is 3.05 bits per heavy atom. The molecule has 0 aliphatic heterocycles. The van der Waals surface area contributed by atoms with Crippen LogP contribution in [-0.4, -0.2) is 28.3 Å². The number of aromatic nitrogens is 2. The van der Waals surface area contributed by atoms with Crippen molar-refractivity contribution in [2.75, 3.05) is 11.9 Å². The van der Waals surface area contributed by atoms with E-state index in [0.717, 1.165) is 12.1 Å². The van der Waals surface area contributed by atoms with Crippen molar-refractivity contribution in [2.45, 2.75) is 19.4 Å². The number of nitrogens with one attached hydrogen (secondary N) is 2. The highest BCUT2D eigenvalue weighted by atomic mass is 32.1. The number of anilines is 1. The van der Waals surface area contributed by atoms with E-state index in [4.69, 9.17) is 0 Å². The zero-order valence-electron chi connectivity index (χ0n) is 11.1. The van der Waals surface area contributed by atoms with Crippen LogP contribution in [0.1, 0.15) is 11.8 Å². The molecule has 0 spiro atoms. The lowest BCUT2D eigenvalue weighted by molar-refractivity contribution is -0.121. The van der Waals surface area contributed by atoms with E-state index in [9.17, 15) is 4.79 Å². The molecule has 5 nitrogen and oxygen atoms in total. The molecule has 1 amide bonds. The van der Waals surface area contributed by atoms with Gasteiger partial charge in [-0.25, -0.2) is 0 Å². The first-order valence-corrected chi connectivity index (χ1v) is 7.08. The van der Waals surface area contributed by atoms with Crippen molar-refractivity contribution in [1.82, 2.24) is 15.1 Å². The van der Waals surface area contributed by atoms with Crippen LogP contribution in [-0.2, 0) is 18.3 Å². The molecule has 0 bridgehead atoms. The number of hydrogen-bond donors (Lipinski definition) is 2. The Kier molecular flexibility index (Phi) is 4.57. The molecule has 0 aromatic carbocycles. The summed E-state index contributed by atoms with van der Waals surface area (Å²) >= 11 is 1.71. The van der Waals surface area contributed by atoms with Crippen LogP contribution in [0.3, 0.4) is 0 Å². The Morgan fingerprint density at radius 1 is 1.58 bits per heavy atom. The van der Waals surface area contributed by atoms with Crippen molar-refractivity contribution < 1.29 is 4.79 Å². The van der Waals surface area contributed by atoms with E-state index in [1.165, 1.54) is 4.88 Å². The third-order valence-electron chi connectivity index (χ3n) is 2.73. The van der Waals surface area contributed by atoms with Crippen LogP contribution in [0.15, 0.2) is 29.9 Å². The van der Waals surface area contributed by atoms with E-state index < -0.39 is 0 Å². The van der Waals surface area contributed by atoms with E-state index >= 15 is 0 Å². The highest BCUT2D eigenvalue weighted by Gasteiger charge is 2.12. The zero-order valence-corrected chi connectivity index (χ0v) is 11.9. The molecule has 1 atom stereocenters. The van der Waals surface area contributed by atoms with Gasteiger partial charge in [0.15, 0.2) is 0 Å². The minimum absolute atomic E-state index is 0.000379. The number of aryl methyl sites for hydroxylation is 1. The minimum Gasteiger partial charge on any atom is -0.371 e. The summed E-state index contributed by atoms with van der Waals surface area (Å²) in [5, 5.41) is 12.1. The molecular weight excluding hydrogens is 260 g/mol. The largest absolute Gasteiger partial charge is 0.371 e. The van der Waals surface area contributed by atoms with Gasteiger partial charge in [0.05, 0.1) is 11.9 Å². The highest BCUT2D eigenvalue weighted by molar-refractivity contribution is 7.09. The van der Waals surface area contributed by atoms with Crippen LogP contribution < -0.4 is 10.6 Å². The molecule has 2 aromatic heterocycles. The average Bonchev–Trinajstić information content (AvgIpc) is 3.01. The number of rotatable bonds is 6. The Bertz CT molecular complexity index is 520. The van der Waals surface area contributed by atoms with E-state index in [1.807, 2.05) is 31.6 Å². The fourth-order valence-corrected chi connectivity index (χ4v) is 2.44. The van der Waals surface area contributed by atoms with Crippen LogP contribution in [0, 0.1) is 0 Å². The summed E-state index contributed by atoms with van der Waals surface area (Å²) in [7, 11) is 1.84. The molecule has 6 heteroatoms. The quantitative estimate of drug-likeness (QED) is 0.844. The van der Waals surface area contributed by atoms with Gasteiger partial charge in [-0.15, -0.1) is 11.3 Å². The summed E-state index contributed by atoms with van der Waals surface area (Å²) in [5.41, 5.74) is 0.850. The zero-order chi connectivity index (χ0) is 13.7. The van der Waals surface area contributed by atoms with Crippen LogP contribution in [0.5, 0.6) is 0 Å². The molecule has 0 saturated heterocycles. The molecule has 0 aliphatic carbocycles. The van der Waals surface area contributed by atoms with Gasteiger partial charge in [0.2, 0.25) is 5.91 Å². The molecule has 102 valence electrons. The van der Waals surface area contributed by atoms with Crippen LogP contribution in [0.2, 0.25) is 0 Å². The van der Waals surface area contributed by atoms with Gasteiger partial charge >= 0.3 is 0 Å². The van der Waals surface area contributed by atoms with Crippen molar-refractivity contribution in [2.24, 2.45) is 7.05 Å². The molecule has 0 saturated carbocycles. The van der Waals surface area contributed by atoms with Crippen LogP contribution in [0.25, 0.3) is 0 Å². The number of amides is 1. The SMILES string of the molecule is CC(Nc1cnn(C)c1)C(=O)NCCc1cccs1. The molecule has 0 radical (unpaired) electrons. The predicted octanol–water partition coefficient (Wildman–Crippen LogP) is 1.64. The van der Waals surface area contributed by atoms with E-state index in [1.54, 1.807) is 22.2 Å². The summed E-state index contributed by atoms with van der Waals surface area (Å²) in [4.78, 5) is 13.2. The number of nitrogens with zero attached hydrogens (tertiary/aromatic N) is 2. The molecule has 0 aliphatic rings. The number of hydrogen-bond acceptors (Lipinski definition) is 4. The highest BCUT2D eigenvalue weighted by Crippen LogP contribution is 2.08. The van der Waals surface area contributed by atoms with Gasteiger partial charge in [-0.2, -0.15) is 5.10 Å². The van der Waals surface area contributed by atoms with Gasteiger partial charge in [-0.05, 0) is 24.8 Å². The Labute approximate surface area is 116 Å². The van der Waals surface area contributed by atoms with Crippen LogP contribution >= 0.6 is 11.3 Å². The van der Waals surface area contributed by atoms with Crippen LogP contribution in [0.4, 0.5) is 5.69 Å². The average molecular weight is 278 g/mol. The van der Waals surface area contributed by atoms with E-state index in [-0.39, 0.29) is 11.9 Å². The Hall–Kier alpha value is -1.82. The fourth-order valence-electron chi connectivity index (χ4n) is 1.73. The standard InChI is InChI=1S/C13H18N4OS/c1-10(16-11-8-15-17(2)9-11)13(18)14-6-5-12-4-3-7-19-12/h3-4,7-10,16H,5-6H2,1-2H3,(H,14,18). The maximum atomic E-state index is 11.9. The molecular formula is C13H18N4OS. The van der Waals surface area contributed by atoms with Gasteiger partial charge in [0, 0.05) is 24.7 Å². The molecule has 1 unspecified atom stereocenters. The van der Waals surface area contributed by atoms with Crippen molar-refractivity contribution >= 4 is 22.9 Å². The monoisotopic (exact) mass is 278 g/mol. The lowest BCUT2D eigenvalue weighted by atomic mass is 10.3. The molecule has 2 N–H and O–H groups in total. The van der Waals surface area contributed by atoms with Crippen molar-refractivity contribution in [1.29, 1.82) is 0 Å². The van der Waals surface area contributed by atoms with Crippen molar-refractivity contribution in [3.63, 3.8) is 0 Å². The second-order valence-corrected chi connectivity index (χ2v) is 5.42. The number of carbonyl (C=O) groups is 1. The summed E-state index contributed by atoms with van der Waals surface area (Å²) in [6.45, 7) is 2.51. The first-order chi connectivity index (χ1) is 9.15. The lowest BCUT2D eigenvalue weighted by Gasteiger charge is -2.13. The van der Waals surface area contributed by atoms with Crippen molar-refractivity contribution in [3.05, 3.63) is 34.8 Å². The second kappa shape index (κ2) is 6.38. The molecule has 2 rings (SSSR count). The third-order valence-corrected chi connectivity index (χ3v) is 3.67. The topological polar surface area (TPSA) is 59.0 Å². The van der Waals surface area contributed by atoms with E-state index in [2.05, 4.69) is 21.8 Å². The predicted molar refractivity (Wildman–Crippen MR) is 77.3 cm³/mol. The molecule has 2 aromatic rings. The Balaban J connectivity index is 1.73. The van der Waals surface area contributed by atoms with E-state index in [0.29, 0.717) is 6.54 Å². The van der Waals surface area contributed by atoms with Gasteiger partial charge in [-0.3, -0.25) is 9.48 Å². The Morgan fingerprint density at radius 2 is 2.42 bits per heavy atom. The normalized spacial score (nSPS) is 12.1. The number of thiophene rings is 1. The van der Waals surface area contributed by atoms with Gasteiger partial charge < -0.3 is 10.6 Å². The molecule has 19 heavy (non-hydrogen) atoms. The number of carbonyl (C=O) groups excluding carboxylic acids is 1. The van der Waals surface area contributed by atoms with Crippen molar-refractivity contribution in [3.8, 4) is 0 Å². The summed E-state index contributed by atoms with van der Waals surface area (Å²) in [6, 6.07) is 3.83. The summed E-state index contributed by atoms with van der Waals surface area (Å²) < 4.78 is 1.70. The summed E-state index contributed by atoms with van der Waals surface area (Å²) in [5.74, 6) is 0.000379. The third kappa shape index (κ3) is 4.10. The maximum Gasteiger partial charge on any atom is 0.242 e. The first-order valence-electron chi connectivity index (χ1n) is 6.20. The van der Waals surface area contributed by atoms with Gasteiger partial charge in [0.1, 0.15) is 6.04 Å². The lowest BCUT2D eigenvalue weighted by Crippen LogP contribution is -2.38. The van der Waals surface area contributed by atoms with Gasteiger partial charge in [-0.1, -0.05) is 6.07 Å².